The molecule has 1 aromatic rings. The van der Waals surface area contributed by atoms with Gasteiger partial charge in [0.15, 0.2) is 0 Å². The zero-order valence-corrected chi connectivity index (χ0v) is 11.2. The molecule has 18 heavy (non-hydrogen) atoms. The highest BCUT2D eigenvalue weighted by atomic mass is 16.3. The maximum atomic E-state index is 11.9. The average molecular weight is 251 g/mol. The number of aryl methyl sites for hydroxylation is 1. The highest BCUT2D eigenvalue weighted by Gasteiger charge is 2.18. The molecule has 1 aromatic carbocycles. The molecule has 0 radical (unpaired) electrons. The standard InChI is InChI=1S/C14H21NO3/c1-10-6-11(8-12(17)7-10)13(18)15-9-14(2,3)4-5-16/h6-8,16-17H,4-5,9H2,1-3H3,(H,15,18). The number of hydrogen-bond donors (Lipinski definition) is 3. The lowest BCUT2D eigenvalue weighted by molar-refractivity contribution is 0.0927. The molecule has 4 heteroatoms. The first-order valence-corrected chi connectivity index (χ1v) is 6.04. The van der Waals surface area contributed by atoms with Crippen molar-refractivity contribution in [3.05, 3.63) is 29.3 Å². The molecule has 0 aromatic heterocycles. The van der Waals surface area contributed by atoms with E-state index >= 15 is 0 Å². The fraction of sp³-hybridized carbons (Fsp3) is 0.500. The van der Waals surface area contributed by atoms with Gasteiger partial charge in [0.25, 0.3) is 5.91 Å². The maximum Gasteiger partial charge on any atom is 0.251 e. The van der Waals surface area contributed by atoms with Crippen LogP contribution in [-0.4, -0.2) is 29.3 Å². The van der Waals surface area contributed by atoms with Crippen molar-refractivity contribution >= 4 is 5.91 Å². The van der Waals surface area contributed by atoms with Crippen molar-refractivity contribution < 1.29 is 15.0 Å². The zero-order valence-electron chi connectivity index (χ0n) is 11.2. The van der Waals surface area contributed by atoms with Crippen LogP contribution < -0.4 is 5.32 Å². The van der Waals surface area contributed by atoms with Gasteiger partial charge in [0, 0.05) is 18.7 Å². The van der Waals surface area contributed by atoms with Crippen LogP contribution in [0, 0.1) is 12.3 Å². The summed E-state index contributed by atoms with van der Waals surface area (Å²) in [5.41, 5.74) is 1.15. The first kappa shape index (κ1) is 14.5. The van der Waals surface area contributed by atoms with Crippen LogP contribution >= 0.6 is 0 Å². The molecule has 0 saturated carbocycles. The minimum atomic E-state index is -0.208. The second kappa shape index (κ2) is 5.87. The molecule has 100 valence electrons. The van der Waals surface area contributed by atoms with Gasteiger partial charge in [-0.25, -0.2) is 0 Å². The van der Waals surface area contributed by atoms with E-state index in [2.05, 4.69) is 5.32 Å². The van der Waals surface area contributed by atoms with E-state index in [4.69, 9.17) is 5.11 Å². The van der Waals surface area contributed by atoms with Crippen LogP contribution in [0.15, 0.2) is 18.2 Å². The van der Waals surface area contributed by atoms with E-state index < -0.39 is 0 Å². The van der Waals surface area contributed by atoms with Crippen LogP contribution in [0.4, 0.5) is 0 Å². The second-order valence-corrected chi connectivity index (χ2v) is 5.38. The predicted octanol–water partition coefficient (Wildman–Crippen LogP) is 1.84. The molecular formula is C14H21NO3. The number of rotatable bonds is 5. The summed E-state index contributed by atoms with van der Waals surface area (Å²) in [7, 11) is 0. The summed E-state index contributed by atoms with van der Waals surface area (Å²) in [5.74, 6) is -0.116. The molecule has 0 spiro atoms. The van der Waals surface area contributed by atoms with Crippen molar-refractivity contribution in [2.75, 3.05) is 13.2 Å². The Bertz CT molecular complexity index is 407. The monoisotopic (exact) mass is 251 g/mol. The van der Waals surface area contributed by atoms with Gasteiger partial charge in [0.2, 0.25) is 0 Å². The number of aliphatic hydroxyl groups excluding tert-OH is 1. The summed E-state index contributed by atoms with van der Waals surface area (Å²) >= 11 is 0. The largest absolute Gasteiger partial charge is 0.508 e. The van der Waals surface area contributed by atoms with Gasteiger partial charge in [0.1, 0.15) is 5.75 Å². The van der Waals surface area contributed by atoms with E-state index in [1.54, 1.807) is 12.1 Å². The van der Waals surface area contributed by atoms with Gasteiger partial charge in [-0.3, -0.25) is 4.79 Å². The summed E-state index contributed by atoms with van der Waals surface area (Å²) in [6, 6.07) is 4.78. The number of nitrogens with one attached hydrogen (secondary N) is 1. The number of hydrogen-bond acceptors (Lipinski definition) is 3. The van der Waals surface area contributed by atoms with Gasteiger partial charge in [-0.2, -0.15) is 0 Å². The molecule has 0 atom stereocenters. The lowest BCUT2D eigenvalue weighted by Gasteiger charge is -2.23. The van der Waals surface area contributed by atoms with E-state index in [-0.39, 0.29) is 23.7 Å². The quantitative estimate of drug-likeness (QED) is 0.748. The highest BCUT2D eigenvalue weighted by molar-refractivity contribution is 5.94. The Morgan fingerprint density at radius 2 is 2.00 bits per heavy atom. The Balaban J connectivity index is 2.66. The fourth-order valence-corrected chi connectivity index (χ4v) is 1.71. The summed E-state index contributed by atoms with van der Waals surface area (Å²) in [6.07, 6.45) is 0.631. The molecule has 0 saturated heterocycles. The number of carbonyl (C=O) groups is 1. The number of aliphatic hydroxyl groups is 1. The second-order valence-electron chi connectivity index (χ2n) is 5.38. The minimum absolute atomic E-state index is 0.0924. The Labute approximate surface area is 108 Å². The van der Waals surface area contributed by atoms with E-state index in [1.807, 2.05) is 20.8 Å². The smallest absolute Gasteiger partial charge is 0.251 e. The van der Waals surface area contributed by atoms with E-state index in [0.29, 0.717) is 18.5 Å². The van der Waals surface area contributed by atoms with Crippen molar-refractivity contribution in [3.63, 3.8) is 0 Å². The topological polar surface area (TPSA) is 69.6 Å². The van der Waals surface area contributed by atoms with Crippen LogP contribution in [-0.2, 0) is 0 Å². The van der Waals surface area contributed by atoms with Gasteiger partial charge in [0.05, 0.1) is 0 Å². The van der Waals surface area contributed by atoms with Crippen molar-refractivity contribution in [1.82, 2.24) is 5.32 Å². The zero-order chi connectivity index (χ0) is 13.8. The highest BCUT2D eigenvalue weighted by Crippen LogP contribution is 2.19. The maximum absolute atomic E-state index is 11.9. The number of phenolic OH excluding ortho intramolecular Hbond substituents is 1. The Morgan fingerprint density at radius 3 is 2.56 bits per heavy atom. The van der Waals surface area contributed by atoms with Crippen molar-refractivity contribution in [2.24, 2.45) is 5.41 Å². The normalized spacial score (nSPS) is 11.3. The summed E-state index contributed by atoms with van der Waals surface area (Å²) in [6.45, 7) is 6.38. The number of amides is 1. The van der Waals surface area contributed by atoms with Crippen LogP contribution in [0.1, 0.15) is 36.2 Å². The van der Waals surface area contributed by atoms with Crippen molar-refractivity contribution in [1.29, 1.82) is 0 Å². The molecule has 0 unspecified atom stereocenters. The lowest BCUT2D eigenvalue weighted by Crippen LogP contribution is -2.34. The Hall–Kier alpha value is -1.55. The summed E-state index contributed by atoms with van der Waals surface area (Å²) < 4.78 is 0. The molecule has 1 amide bonds. The predicted molar refractivity (Wildman–Crippen MR) is 70.7 cm³/mol. The first-order valence-electron chi connectivity index (χ1n) is 6.04. The van der Waals surface area contributed by atoms with Gasteiger partial charge < -0.3 is 15.5 Å². The number of phenols is 1. The summed E-state index contributed by atoms with van der Waals surface area (Å²) in [5, 5.41) is 21.2. The molecular weight excluding hydrogens is 230 g/mol. The average Bonchev–Trinajstić information content (AvgIpc) is 2.24. The molecule has 0 fully saturated rings. The third-order valence-electron chi connectivity index (χ3n) is 2.84. The van der Waals surface area contributed by atoms with E-state index in [1.165, 1.54) is 6.07 Å². The third kappa shape index (κ3) is 4.37. The molecule has 0 bridgehead atoms. The Morgan fingerprint density at radius 1 is 1.33 bits per heavy atom. The lowest BCUT2D eigenvalue weighted by atomic mass is 9.89. The van der Waals surface area contributed by atoms with Crippen LogP contribution in [0.3, 0.4) is 0 Å². The number of benzene rings is 1. The van der Waals surface area contributed by atoms with Gasteiger partial charge in [-0.1, -0.05) is 13.8 Å². The van der Waals surface area contributed by atoms with E-state index in [9.17, 15) is 9.90 Å². The number of carbonyl (C=O) groups excluding carboxylic acids is 1. The van der Waals surface area contributed by atoms with Crippen molar-refractivity contribution in [3.8, 4) is 5.75 Å². The SMILES string of the molecule is Cc1cc(O)cc(C(=O)NCC(C)(C)CCO)c1. The Kier molecular flexibility index (Phi) is 4.73. The molecule has 1 rings (SSSR count). The number of aromatic hydroxyl groups is 1. The van der Waals surface area contributed by atoms with Crippen LogP contribution in [0.25, 0.3) is 0 Å². The van der Waals surface area contributed by atoms with Crippen molar-refractivity contribution in [2.45, 2.75) is 27.2 Å². The minimum Gasteiger partial charge on any atom is -0.508 e. The van der Waals surface area contributed by atoms with Crippen LogP contribution in [0.2, 0.25) is 0 Å². The van der Waals surface area contributed by atoms with Crippen LogP contribution in [0.5, 0.6) is 5.75 Å². The molecule has 0 aliphatic heterocycles. The molecule has 0 aliphatic rings. The van der Waals surface area contributed by atoms with Gasteiger partial charge >= 0.3 is 0 Å². The fourth-order valence-electron chi connectivity index (χ4n) is 1.71. The molecule has 4 nitrogen and oxygen atoms in total. The first-order chi connectivity index (χ1) is 8.34. The molecule has 3 N–H and O–H groups in total. The van der Waals surface area contributed by atoms with Gasteiger partial charge in [-0.15, -0.1) is 0 Å². The molecule has 0 aliphatic carbocycles. The molecule has 0 heterocycles. The summed E-state index contributed by atoms with van der Waals surface area (Å²) in [4.78, 5) is 11.9. The van der Waals surface area contributed by atoms with Gasteiger partial charge in [-0.05, 0) is 42.5 Å². The third-order valence-corrected chi connectivity index (χ3v) is 2.84. The van der Waals surface area contributed by atoms with E-state index in [0.717, 1.165) is 5.56 Å².